The van der Waals surface area contributed by atoms with Crippen LogP contribution in [0.4, 0.5) is 0 Å². The Morgan fingerprint density at radius 2 is 2.18 bits per heavy atom. The third kappa shape index (κ3) is 3.28. The molecule has 0 spiro atoms. The maximum atomic E-state index is 12.5. The van der Waals surface area contributed by atoms with Gasteiger partial charge in [-0.3, -0.25) is 4.98 Å². The summed E-state index contributed by atoms with van der Waals surface area (Å²) in [4.78, 5) is 16.9. The zero-order chi connectivity index (χ0) is 15.5. The topological polar surface area (TPSA) is 48.4 Å². The number of nitrogens with zero attached hydrogens (tertiary/aromatic N) is 1. The van der Waals surface area contributed by atoms with E-state index >= 15 is 0 Å². The number of hydrogen-bond donors (Lipinski definition) is 0. The Bertz CT molecular complexity index is 690. The lowest BCUT2D eigenvalue weighted by molar-refractivity contribution is -0.0299. The standard InChI is InChI=1S/C18H21NO3/c1-12-6-7-17-15(9-12)16(10-13(2)19-17)18(20)22-11-14-5-3-4-8-21-14/h6-7,9-10,14H,3-5,8,11H2,1-2H3. The molecule has 0 saturated carbocycles. The number of carbonyl (C=O) groups is 1. The van der Waals surface area contributed by atoms with Crippen LogP contribution in [0.1, 0.15) is 40.9 Å². The number of hydrogen-bond acceptors (Lipinski definition) is 4. The molecule has 1 fully saturated rings. The molecule has 1 aromatic carbocycles. The van der Waals surface area contributed by atoms with Crippen LogP contribution >= 0.6 is 0 Å². The average molecular weight is 299 g/mol. The van der Waals surface area contributed by atoms with Gasteiger partial charge in [-0.2, -0.15) is 0 Å². The van der Waals surface area contributed by atoms with Crippen molar-refractivity contribution in [2.45, 2.75) is 39.2 Å². The zero-order valence-electron chi connectivity index (χ0n) is 13.1. The maximum Gasteiger partial charge on any atom is 0.338 e. The van der Waals surface area contributed by atoms with Crippen molar-refractivity contribution < 1.29 is 14.3 Å². The quantitative estimate of drug-likeness (QED) is 0.813. The van der Waals surface area contributed by atoms with Crippen LogP contribution in [0, 0.1) is 13.8 Å². The molecule has 0 amide bonds. The van der Waals surface area contributed by atoms with E-state index in [2.05, 4.69) is 4.98 Å². The van der Waals surface area contributed by atoms with Crippen molar-refractivity contribution in [3.05, 3.63) is 41.1 Å². The Balaban J connectivity index is 1.81. The van der Waals surface area contributed by atoms with Crippen molar-refractivity contribution in [2.75, 3.05) is 13.2 Å². The van der Waals surface area contributed by atoms with Gasteiger partial charge in [0.15, 0.2) is 0 Å². The van der Waals surface area contributed by atoms with Crippen LogP contribution in [0.3, 0.4) is 0 Å². The van der Waals surface area contributed by atoms with Crippen LogP contribution in [-0.2, 0) is 9.47 Å². The molecule has 0 N–H and O–H groups in total. The molecule has 1 unspecified atom stereocenters. The number of carbonyl (C=O) groups excluding carboxylic acids is 1. The molecule has 1 atom stereocenters. The predicted octanol–water partition coefficient (Wildman–Crippen LogP) is 3.58. The normalized spacial score (nSPS) is 18.4. The largest absolute Gasteiger partial charge is 0.459 e. The summed E-state index contributed by atoms with van der Waals surface area (Å²) < 4.78 is 11.1. The van der Waals surface area contributed by atoms with Crippen molar-refractivity contribution in [2.24, 2.45) is 0 Å². The molecule has 4 heteroatoms. The van der Waals surface area contributed by atoms with E-state index in [9.17, 15) is 4.79 Å². The molecular weight excluding hydrogens is 278 g/mol. The van der Waals surface area contributed by atoms with Gasteiger partial charge in [0.2, 0.25) is 0 Å². The minimum Gasteiger partial charge on any atom is -0.459 e. The van der Waals surface area contributed by atoms with Crippen LogP contribution in [0.15, 0.2) is 24.3 Å². The van der Waals surface area contributed by atoms with E-state index in [0.717, 1.165) is 48.0 Å². The molecular formula is C18H21NO3. The zero-order valence-corrected chi connectivity index (χ0v) is 13.1. The summed E-state index contributed by atoms with van der Waals surface area (Å²) >= 11 is 0. The molecule has 116 valence electrons. The number of esters is 1. The number of fused-ring (bicyclic) bond motifs is 1. The molecule has 3 rings (SSSR count). The highest BCUT2D eigenvalue weighted by Gasteiger charge is 2.18. The van der Waals surface area contributed by atoms with Crippen LogP contribution in [0.5, 0.6) is 0 Å². The third-order valence-corrected chi connectivity index (χ3v) is 3.99. The summed E-state index contributed by atoms with van der Waals surface area (Å²) in [5, 5.41) is 0.847. The summed E-state index contributed by atoms with van der Waals surface area (Å²) in [5.41, 5.74) is 3.33. The van der Waals surface area contributed by atoms with E-state index in [1.54, 1.807) is 6.07 Å². The van der Waals surface area contributed by atoms with E-state index in [1.165, 1.54) is 0 Å². The van der Waals surface area contributed by atoms with Gasteiger partial charge >= 0.3 is 5.97 Å². The average Bonchev–Trinajstić information content (AvgIpc) is 2.53. The Kier molecular flexibility index (Phi) is 4.39. The van der Waals surface area contributed by atoms with E-state index in [4.69, 9.17) is 9.47 Å². The highest BCUT2D eigenvalue weighted by Crippen LogP contribution is 2.21. The monoisotopic (exact) mass is 299 g/mol. The van der Waals surface area contributed by atoms with E-state index < -0.39 is 0 Å². The number of pyridine rings is 1. The number of aryl methyl sites for hydroxylation is 2. The van der Waals surface area contributed by atoms with Crippen molar-refractivity contribution in [1.82, 2.24) is 4.98 Å². The lowest BCUT2D eigenvalue weighted by Gasteiger charge is -2.22. The van der Waals surface area contributed by atoms with Gasteiger partial charge in [-0.15, -0.1) is 0 Å². The minimum absolute atomic E-state index is 0.0358. The van der Waals surface area contributed by atoms with E-state index in [0.29, 0.717) is 12.2 Å². The third-order valence-electron chi connectivity index (χ3n) is 3.99. The molecule has 2 heterocycles. The highest BCUT2D eigenvalue weighted by molar-refractivity contribution is 6.03. The van der Waals surface area contributed by atoms with Gasteiger partial charge in [0.25, 0.3) is 0 Å². The predicted molar refractivity (Wildman–Crippen MR) is 85.1 cm³/mol. The number of ether oxygens (including phenoxy) is 2. The Hall–Kier alpha value is -1.94. The van der Waals surface area contributed by atoms with Crippen LogP contribution in [0.2, 0.25) is 0 Å². The van der Waals surface area contributed by atoms with E-state index in [-0.39, 0.29) is 12.1 Å². The molecule has 0 aliphatic carbocycles. The first-order chi connectivity index (χ1) is 10.6. The molecule has 0 bridgehead atoms. The molecule has 1 aliphatic heterocycles. The Labute approximate surface area is 130 Å². The number of benzene rings is 1. The lowest BCUT2D eigenvalue weighted by atomic mass is 10.1. The maximum absolute atomic E-state index is 12.5. The van der Waals surface area contributed by atoms with Crippen molar-refractivity contribution in [3.63, 3.8) is 0 Å². The number of aromatic nitrogens is 1. The van der Waals surface area contributed by atoms with Crippen molar-refractivity contribution in [1.29, 1.82) is 0 Å². The smallest absolute Gasteiger partial charge is 0.338 e. The van der Waals surface area contributed by atoms with Crippen molar-refractivity contribution >= 4 is 16.9 Å². The summed E-state index contributed by atoms with van der Waals surface area (Å²) in [6, 6.07) is 7.72. The molecule has 4 nitrogen and oxygen atoms in total. The van der Waals surface area contributed by atoms with Gasteiger partial charge in [0, 0.05) is 17.7 Å². The Morgan fingerprint density at radius 3 is 2.95 bits per heavy atom. The second-order valence-electron chi connectivity index (χ2n) is 5.92. The van der Waals surface area contributed by atoms with Crippen LogP contribution in [-0.4, -0.2) is 30.3 Å². The summed E-state index contributed by atoms with van der Waals surface area (Å²) in [6.07, 6.45) is 3.23. The molecule has 22 heavy (non-hydrogen) atoms. The van der Waals surface area contributed by atoms with Gasteiger partial charge in [0.1, 0.15) is 6.61 Å². The van der Waals surface area contributed by atoms with Gasteiger partial charge in [-0.1, -0.05) is 11.6 Å². The molecule has 0 radical (unpaired) electrons. The fourth-order valence-electron chi connectivity index (χ4n) is 2.83. The van der Waals surface area contributed by atoms with Crippen LogP contribution < -0.4 is 0 Å². The number of rotatable bonds is 3. The fraction of sp³-hybridized carbons (Fsp3) is 0.444. The Morgan fingerprint density at radius 1 is 1.32 bits per heavy atom. The summed E-state index contributed by atoms with van der Waals surface area (Å²) in [6.45, 7) is 4.98. The molecule has 2 aromatic rings. The second-order valence-corrected chi connectivity index (χ2v) is 5.92. The van der Waals surface area contributed by atoms with Gasteiger partial charge in [0.05, 0.1) is 17.2 Å². The van der Waals surface area contributed by atoms with E-state index in [1.807, 2.05) is 32.0 Å². The first-order valence-corrected chi connectivity index (χ1v) is 7.80. The molecule has 1 saturated heterocycles. The van der Waals surface area contributed by atoms with Gasteiger partial charge < -0.3 is 9.47 Å². The second kappa shape index (κ2) is 6.44. The SMILES string of the molecule is Cc1ccc2nc(C)cc(C(=O)OCC3CCCCO3)c2c1. The highest BCUT2D eigenvalue weighted by atomic mass is 16.6. The molecule has 1 aromatic heterocycles. The minimum atomic E-state index is -0.296. The van der Waals surface area contributed by atoms with Gasteiger partial charge in [-0.25, -0.2) is 4.79 Å². The summed E-state index contributed by atoms with van der Waals surface area (Å²) in [7, 11) is 0. The first-order valence-electron chi connectivity index (χ1n) is 7.80. The summed E-state index contributed by atoms with van der Waals surface area (Å²) in [5.74, 6) is -0.296. The molecule has 1 aliphatic rings. The van der Waals surface area contributed by atoms with Gasteiger partial charge in [-0.05, 0) is 51.3 Å². The lowest BCUT2D eigenvalue weighted by Crippen LogP contribution is -2.26. The van der Waals surface area contributed by atoms with Crippen LogP contribution in [0.25, 0.3) is 10.9 Å². The fourth-order valence-corrected chi connectivity index (χ4v) is 2.83. The van der Waals surface area contributed by atoms with Crippen molar-refractivity contribution in [3.8, 4) is 0 Å². The first kappa shape index (κ1) is 15.0.